The van der Waals surface area contributed by atoms with E-state index >= 15 is 0 Å². The molecule has 1 atom stereocenters. The van der Waals surface area contributed by atoms with Gasteiger partial charge in [-0.05, 0) is 42.7 Å². The van der Waals surface area contributed by atoms with Gasteiger partial charge in [0.1, 0.15) is 16.5 Å². The number of carbonyl (C=O) groups excluding carboxylic acids is 1. The molecule has 0 aliphatic rings. The molecule has 0 saturated heterocycles. The van der Waals surface area contributed by atoms with Crippen molar-refractivity contribution >= 4 is 17.2 Å². The normalized spacial score (nSPS) is 12.7. The zero-order chi connectivity index (χ0) is 24.0. The summed E-state index contributed by atoms with van der Waals surface area (Å²) in [6, 6.07) is 11.2. The molecule has 0 saturated carbocycles. The van der Waals surface area contributed by atoms with Crippen molar-refractivity contribution in [3.63, 3.8) is 0 Å². The summed E-state index contributed by atoms with van der Waals surface area (Å²) in [7, 11) is 0. The highest BCUT2D eigenvalue weighted by atomic mass is 32.1. The fourth-order valence-electron chi connectivity index (χ4n) is 3.20. The maximum atomic E-state index is 13.3. The Kier molecular flexibility index (Phi) is 8.20. The van der Waals surface area contributed by atoms with Crippen LogP contribution in [0.4, 0.5) is 17.6 Å². The van der Waals surface area contributed by atoms with Crippen molar-refractivity contribution in [2.75, 3.05) is 0 Å². The van der Waals surface area contributed by atoms with Gasteiger partial charge < -0.3 is 5.32 Å². The lowest BCUT2D eigenvalue weighted by Crippen LogP contribution is -2.32. The van der Waals surface area contributed by atoms with E-state index in [9.17, 15) is 22.4 Å². The van der Waals surface area contributed by atoms with Crippen molar-refractivity contribution in [2.24, 2.45) is 0 Å². The van der Waals surface area contributed by atoms with Crippen LogP contribution in [0.15, 0.2) is 53.9 Å². The van der Waals surface area contributed by atoms with Crippen LogP contribution in [-0.4, -0.2) is 21.8 Å². The van der Waals surface area contributed by atoms with E-state index < -0.39 is 11.7 Å². The summed E-state index contributed by atoms with van der Waals surface area (Å²) in [5.74, 6) is -0.616. The average Bonchev–Trinajstić information content (AvgIpc) is 3.23. The smallest absolute Gasteiger partial charge is 0.348 e. The number of hydrogen-bond acceptors (Lipinski definition) is 4. The van der Waals surface area contributed by atoms with Crippen molar-refractivity contribution in [3.8, 4) is 0 Å². The molecule has 1 unspecified atom stereocenters. The summed E-state index contributed by atoms with van der Waals surface area (Å²) in [5.41, 5.74) is 0.920. The summed E-state index contributed by atoms with van der Waals surface area (Å²) in [4.78, 5) is 18.7. The highest BCUT2D eigenvalue weighted by Crippen LogP contribution is 2.30. The van der Waals surface area contributed by atoms with Crippen molar-refractivity contribution < 1.29 is 22.4 Å². The van der Waals surface area contributed by atoms with Gasteiger partial charge in [-0.2, -0.15) is 13.2 Å². The van der Waals surface area contributed by atoms with Gasteiger partial charge in [0.15, 0.2) is 0 Å². The third kappa shape index (κ3) is 7.36. The molecule has 33 heavy (non-hydrogen) atoms. The molecule has 9 heteroatoms. The number of nitrogens with one attached hydrogen (secondary N) is 1. The van der Waals surface area contributed by atoms with E-state index in [1.807, 2.05) is 18.7 Å². The molecule has 0 spiro atoms. The summed E-state index contributed by atoms with van der Waals surface area (Å²) >= 11 is 1.32. The van der Waals surface area contributed by atoms with Crippen molar-refractivity contribution in [2.45, 2.75) is 52.1 Å². The lowest BCUT2D eigenvalue weighted by atomic mass is 10.1. The highest BCUT2D eigenvalue weighted by molar-refractivity contribution is 7.09. The molecule has 1 aromatic heterocycles. The van der Waals surface area contributed by atoms with Gasteiger partial charge in [0.05, 0.1) is 12.1 Å². The number of hydrogen-bond donors (Lipinski definition) is 1. The molecule has 4 nitrogen and oxygen atoms in total. The van der Waals surface area contributed by atoms with Crippen LogP contribution in [-0.2, 0) is 25.8 Å². The molecule has 0 fully saturated rings. The van der Waals surface area contributed by atoms with E-state index in [-0.39, 0.29) is 24.3 Å². The Morgan fingerprint density at radius 1 is 1.09 bits per heavy atom. The van der Waals surface area contributed by atoms with Crippen LogP contribution in [0.25, 0.3) is 0 Å². The molecule has 0 bridgehead atoms. The Morgan fingerprint density at radius 2 is 1.79 bits per heavy atom. The van der Waals surface area contributed by atoms with Crippen LogP contribution in [0.1, 0.15) is 52.5 Å². The molecular weight excluding hydrogens is 454 g/mol. The maximum absolute atomic E-state index is 13.3. The molecule has 1 N–H and O–H groups in total. The second kappa shape index (κ2) is 10.9. The van der Waals surface area contributed by atoms with Gasteiger partial charge in [0.25, 0.3) is 5.91 Å². The Bertz CT molecular complexity index is 1070. The first kappa shape index (κ1) is 24.9. The third-order valence-corrected chi connectivity index (χ3v) is 5.95. The first-order chi connectivity index (χ1) is 15.6. The summed E-state index contributed by atoms with van der Waals surface area (Å²) < 4.78 is 52.7. The molecule has 1 heterocycles. The van der Waals surface area contributed by atoms with Gasteiger partial charge in [-0.25, -0.2) is 9.37 Å². The quantitative estimate of drug-likeness (QED) is 0.381. The molecule has 3 aromatic rings. The number of nitrogens with zero attached hydrogens (tertiary/aromatic N) is 2. The van der Waals surface area contributed by atoms with E-state index in [0.29, 0.717) is 29.4 Å². The molecular formula is C24H25F4N3OS. The van der Waals surface area contributed by atoms with Crippen LogP contribution in [0.5, 0.6) is 0 Å². The fraction of sp³-hybridized carbons (Fsp3) is 0.333. The van der Waals surface area contributed by atoms with E-state index in [1.165, 1.54) is 29.5 Å². The molecule has 2 aromatic carbocycles. The van der Waals surface area contributed by atoms with Crippen LogP contribution in [0.3, 0.4) is 0 Å². The van der Waals surface area contributed by atoms with Crippen LogP contribution in [0.2, 0.25) is 0 Å². The van der Waals surface area contributed by atoms with Crippen molar-refractivity contribution in [3.05, 3.63) is 87.1 Å². The second-order valence-corrected chi connectivity index (χ2v) is 8.82. The topological polar surface area (TPSA) is 45.2 Å². The largest absolute Gasteiger partial charge is 0.416 e. The van der Waals surface area contributed by atoms with Gasteiger partial charge in [-0.15, -0.1) is 11.3 Å². The van der Waals surface area contributed by atoms with Crippen molar-refractivity contribution in [1.29, 1.82) is 0 Å². The third-order valence-electron chi connectivity index (χ3n) is 5.11. The molecule has 0 aliphatic carbocycles. The van der Waals surface area contributed by atoms with Gasteiger partial charge in [0, 0.05) is 24.5 Å². The predicted octanol–water partition coefficient (Wildman–Crippen LogP) is 6.03. The monoisotopic (exact) mass is 479 g/mol. The first-order valence-corrected chi connectivity index (χ1v) is 11.4. The Hall–Kier alpha value is -2.78. The van der Waals surface area contributed by atoms with Gasteiger partial charge in [-0.1, -0.05) is 37.3 Å². The molecule has 1 amide bonds. The number of aromatic nitrogens is 1. The molecule has 176 valence electrons. The van der Waals surface area contributed by atoms with Gasteiger partial charge >= 0.3 is 6.18 Å². The highest BCUT2D eigenvalue weighted by Gasteiger charge is 2.30. The lowest BCUT2D eigenvalue weighted by molar-refractivity contribution is -0.137. The molecule has 0 radical (unpaired) electrons. The molecule has 0 aliphatic heterocycles. The SMILES string of the molecule is CCC(C)NC(=O)c1csc(CN(Cc2ccc(F)cc2)Cc2cccc(C(F)(F)F)c2)n1. The Morgan fingerprint density at radius 3 is 2.45 bits per heavy atom. The minimum absolute atomic E-state index is 0.0264. The fourth-order valence-corrected chi connectivity index (χ4v) is 4.01. The lowest BCUT2D eigenvalue weighted by Gasteiger charge is -2.22. The number of benzene rings is 2. The van der Waals surface area contributed by atoms with Crippen LogP contribution in [0, 0.1) is 5.82 Å². The standard InChI is InChI=1S/C24H25F4N3OS/c1-3-16(2)29-23(32)21-15-33-22(30-21)14-31(12-17-7-9-20(25)10-8-17)13-18-5-4-6-19(11-18)24(26,27)28/h4-11,15-16H,3,12-14H2,1-2H3,(H,29,32). The van der Waals surface area contributed by atoms with E-state index in [0.717, 1.165) is 24.1 Å². The Labute approximate surface area is 194 Å². The minimum atomic E-state index is -4.43. The number of halogens is 4. The van der Waals surface area contributed by atoms with E-state index in [4.69, 9.17) is 0 Å². The number of rotatable bonds is 9. The predicted molar refractivity (Wildman–Crippen MR) is 120 cm³/mol. The number of amides is 1. The van der Waals surface area contributed by atoms with Crippen molar-refractivity contribution in [1.82, 2.24) is 15.2 Å². The minimum Gasteiger partial charge on any atom is -0.348 e. The second-order valence-electron chi connectivity index (χ2n) is 7.88. The zero-order valence-corrected chi connectivity index (χ0v) is 19.1. The average molecular weight is 480 g/mol. The van der Waals surface area contributed by atoms with E-state index in [2.05, 4.69) is 10.3 Å². The Balaban J connectivity index is 1.79. The van der Waals surface area contributed by atoms with Gasteiger partial charge in [-0.3, -0.25) is 9.69 Å². The summed E-state index contributed by atoms with van der Waals surface area (Å²) in [6.45, 7) is 4.82. The zero-order valence-electron chi connectivity index (χ0n) is 18.3. The number of alkyl halides is 3. The maximum Gasteiger partial charge on any atom is 0.416 e. The summed E-state index contributed by atoms with van der Waals surface area (Å²) in [6.07, 6.45) is -3.63. The molecule has 3 rings (SSSR count). The van der Waals surface area contributed by atoms with Crippen LogP contribution < -0.4 is 5.32 Å². The number of thiazole rings is 1. The van der Waals surface area contributed by atoms with Crippen LogP contribution >= 0.6 is 11.3 Å². The first-order valence-electron chi connectivity index (χ1n) is 10.5. The number of carbonyl (C=O) groups is 1. The summed E-state index contributed by atoms with van der Waals surface area (Å²) in [5, 5.41) is 5.21. The van der Waals surface area contributed by atoms with E-state index in [1.54, 1.807) is 23.6 Å². The van der Waals surface area contributed by atoms with Gasteiger partial charge in [0.2, 0.25) is 0 Å².